The molecule has 0 N–H and O–H groups in total. The zero-order valence-electron chi connectivity index (χ0n) is 20.4. The predicted molar refractivity (Wildman–Crippen MR) is 127 cm³/mol. The molecule has 0 unspecified atom stereocenters. The number of tetrazole rings is 1. The van der Waals surface area contributed by atoms with Gasteiger partial charge in [0.1, 0.15) is 6.33 Å². The molecule has 1 aliphatic carbocycles. The van der Waals surface area contributed by atoms with Gasteiger partial charge in [0.2, 0.25) is 5.90 Å². The fourth-order valence-corrected chi connectivity index (χ4v) is 3.88. The molecule has 1 aliphatic rings. The molecule has 182 valence electrons. The van der Waals surface area contributed by atoms with E-state index in [0.29, 0.717) is 11.9 Å². The molecule has 1 saturated carbocycles. The Hall–Kier alpha value is -2.78. The first-order valence-electron chi connectivity index (χ1n) is 12.2. The normalized spacial score (nSPS) is 18.4. The first-order chi connectivity index (χ1) is 16.1. The molecule has 0 spiro atoms. The quantitative estimate of drug-likeness (QED) is 0.225. The van der Waals surface area contributed by atoms with Crippen molar-refractivity contribution in [1.82, 2.24) is 30.3 Å². The Morgan fingerprint density at radius 1 is 1.33 bits per heavy atom. The molecule has 0 amide bonds. The van der Waals surface area contributed by atoms with Crippen molar-refractivity contribution in [3.05, 3.63) is 24.3 Å². The first-order valence-corrected chi connectivity index (χ1v) is 12.2. The maximum absolute atomic E-state index is 5.85. The molecule has 2 heterocycles. The van der Waals surface area contributed by atoms with Gasteiger partial charge in [-0.15, -0.1) is 5.10 Å². The molecular formula is C23H38N8O2. The third-order valence-electron chi connectivity index (χ3n) is 6.06. The minimum absolute atomic E-state index is 0.288. The van der Waals surface area contributed by atoms with Gasteiger partial charge in [0.25, 0.3) is 0 Å². The highest BCUT2D eigenvalue weighted by molar-refractivity contribution is 5.87. The Balaban J connectivity index is 1.24. The van der Waals surface area contributed by atoms with Crippen molar-refractivity contribution in [1.29, 1.82) is 0 Å². The second-order valence-corrected chi connectivity index (χ2v) is 8.88. The lowest BCUT2D eigenvalue weighted by Crippen LogP contribution is -2.24. The van der Waals surface area contributed by atoms with Gasteiger partial charge in [0.15, 0.2) is 5.82 Å². The Morgan fingerprint density at radius 2 is 2.18 bits per heavy atom. The molecule has 2 atom stereocenters. The Bertz CT molecular complexity index is 862. The highest BCUT2D eigenvalue weighted by Gasteiger charge is 2.35. The number of nitrogens with zero attached hydrogens (tertiary/aromatic N) is 8. The van der Waals surface area contributed by atoms with Crippen molar-refractivity contribution < 1.29 is 9.26 Å². The van der Waals surface area contributed by atoms with E-state index in [0.717, 1.165) is 63.2 Å². The summed E-state index contributed by atoms with van der Waals surface area (Å²) in [5.74, 6) is 3.39. The van der Waals surface area contributed by atoms with Gasteiger partial charge < -0.3 is 14.2 Å². The molecule has 3 rings (SSSR count). The van der Waals surface area contributed by atoms with Crippen LogP contribution in [0.1, 0.15) is 71.0 Å². The van der Waals surface area contributed by atoms with Crippen LogP contribution in [-0.2, 0) is 11.3 Å². The van der Waals surface area contributed by atoms with E-state index in [4.69, 9.17) is 9.26 Å². The lowest BCUT2D eigenvalue weighted by molar-refractivity contribution is 0.287. The largest absolute Gasteiger partial charge is 0.478 e. The molecule has 10 nitrogen and oxygen atoms in total. The SMILES string of the molecule is CCN(CCCC[C@H]1C[C@H]1CCOC(/C=C\CCn1cnnn1)=NC)c1nc(C(C)C)no1. The topological polar surface area (TPSA) is 107 Å². The van der Waals surface area contributed by atoms with Gasteiger partial charge in [0, 0.05) is 32.6 Å². The number of aliphatic imine (C=N–C) groups is 1. The standard InChI is InChI=1S/C23H38N8O2/c1-5-30(23-26-22(18(2)3)27-33-23)13-8-6-10-19-16-20(19)12-15-32-21(24-4)11-7-9-14-31-17-25-28-29-31/h7,11,17-20H,5-6,8-10,12-16H2,1-4H3/b11-7-,24-21?/t19-,20+/m0/s1. The summed E-state index contributed by atoms with van der Waals surface area (Å²) in [6.45, 7) is 9.61. The number of unbranched alkanes of at least 4 members (excludes halogenated alkanes) is 1. The van der Waals surface area contributed by atoms with E-state index in [1.54, 1.807) is 18.1 Å². The number of rotatable bonds is 15. The Morgan fingerprint density at radius 3 is 2.88 bits per heavy atom. The van der Waals surface area contributed by atoms with Crippen molar-refractivity contribution in [2.45, 2.75) is 71.8 Å². The summed E-state index contributed by atoms with van der Waals surface area (Å²) in [6, 6.07) is 0.653. The van der Waals surface area contributed by atoms with Crippen LogP contribution in [0.2, 0.25) is 0 Å². The van der Waals surface area contributed by atoms with Gasteiger partial charge in [-0.2, -0.15) is 4.98 Å². The van der Waals surface area contributed by atoms with Crippen molar-refractivity contribution >= 4 is 11.9 Å². The fourth-order valence-electron chi connectivity index (χ4n) is 3.88. The fraction of sp³-hybridized carbons (Fsp3) is 0.739. The van der Waals surface area contributed by atoms with E-state index in [2.05, 4.69) is 56.3 Å². The predicted octanol–water partition coefficient (Wildman–Crippen LogP) is 3.89. The Labute approximate surface area is 196 Å². The maximum Gasteiger partial charge on any atom is 0.324 e. The van der Waals surface area contributed by atoms with Crippen molar-refractivity contribution in [3.63, 3.8) is 0 Å². The highest BCUT2D eigenvalue weighted by atomic mass is 16.5. The molecule has 0 bridgehead atoms. The number of hydrogen-bond acceptors (Lipinski definition) is 9. The monoisotopic (exact) mass is 458 g/mol. The zero-order valence-corrected chi connectivity index (χ0v) is 20.4. The van der Waals surface area contributed by atoms with Crippen molar-refractivity contribution in [2.24, 2.45) is 16.8 Å². The third-order valence-corrected chi connectivity index (χ3v) is 6.06. The molecule has 0 aliphatic heterocycles. The number of anilines is 1. The minimum atomic E-state index is 0.288. The number of hydrogen-bond donors (Lipinski definition) is 0. The summed E-state index contributed by atoms with van der Waals surface area (Å²) in [5.41, 5.74) is 0. The summed E-state index contributed by atoms with van der Waals surface area (Å²) in [4.78, 5) is 10.9. The van der Waals surface area contributed by atoms with Gasteiger partial charge in [-0.25, -0.2) is 4.68 Å². The van der Waals surface area contributed by atoms with E-state index in [1.165, 1.54) is 19.3 Å². The van der Waals surface area contributed by atoms with E-state index >= 15 is 0 Å². The van der Waals surface area contributed by atoms with E-state index in [-0.39, 0.29) is 5.92 Å². The molecule has 10 heteroatoms. The van der Waals surface area contributed by atoms with Crippen LogP contribution in [0.4, 0.5) is 6.01 Å². The lowest BCUT2D eigenvalue weighted by atomic mass is 10.1. The van der Waals surface area contributed by atoms with Crippen LogP contribution in [0, 0.1) is 11.8 Å². The first kappa shape index (κ1) is 24.9. The van der Waals surface area contributed by atoms with Crippen LogP contribution < -0.4 is 4.90 Å². The molecule has 0 saturated heterocycles. The second kappa shape index (κ2) is 13.1. The van der Waals surface area contributed by atoms with Crippen molar-refractivity contribution in [3.8, 4) is 0 Å². The van der Waals surface area contributed by atoms with E-state index in [1.807, 2.05) is 12.2 Å². The van der Waals surface area contributed by atoms with Gasteiger partial charge in [-0.1, -0.05) is 37.9 Å². The summed E-state index contributed by atoms with van der Waals surface area (Å²) in [6.07, 6.45) is 12.5. The summed E-state index contributed by atoms with van der Waals surface area (Å²) >= 11 is 0. The van der Waals surface area contributed by atoms with E-state index in [9.17, 15) is 0 Å². The molecule has 2 aromatic rings. The highest BCUT2D eigenvalue weighted by Crippen LogP contribution is 2.44. The molecule has 0 radical (unpaired) electrons. The van der Waals surface area contributed by atoms with Crippen LogP contribution in [0.15, 0.2) is 28.0 Å². The zero-order chi connectivity index (χ0) is 23.5. The van der Waals surface area contributed by atoms with Crippen LogP contribution >= 0.6 is 0 Å². The van der Waals surface area contributed by atoms with Crippen molar-refractivity contribution in [2.75, 3.05) is 31.6 Å². The average Bonchev–Trinajstić information content (AvgIpc) is 3.19. The van der Waals surface area contributed by atoms with Crippen LogP contribution in [0.25, 0.3) is 0 Å². The number of aryl methyl sites for hydroxylation is 1. The molecule has 2 aromatic heterocycles. The summed E-state index contributed by atoms with van der Waals surface area (Å²) in [7, 11) is 1.76. The Kier molecular flexibility index (Phi) is 9.83. The summed E-state index contributed by atoms with van der Waals surface area (Å²) < 4.78 is 13.0. The molecule has 33 heavy (non-hydrogen) atoms. The second-order valence-electron chi connectivity index (χ2n) is 8.88. The van der Waals surface area contributed by atoms with E-state index < -0.39 is 0 Å². The summed E-state index contributed by atoms with van der Waals surface area (Å²) in [5, 5.41) is 15.2. The van der Waals surface area contributed by atoms with Gasteiger partial charge in [-0.05, 0) is 60.9 Å². The molecule has 0 aromatic carbocycles. The number of ether oxygens (including phenoxy) is 1. The third kappa shape index (κ3) is 8.25. The van der Waals surface area contributed by atoms with Gasteiger partial charge in [-0.3, -0.25) is 4.99 Å². The van der Waals surface area contributed by atoms with Crippen LogP contribution in [0.5, 0.6) is 0 Å². The minimum Gasteiger partial charge on any atom is -0.478 e. The average molecular weight is 459 g/mol. The lowest BCUT2D eigenvalue weighted by Gasteiger charge is -2.17. The van der Waals surface area contributed by atoms with Gasteiger partial charge >= 0.3 is 6.01 Å². The van der Waals surface area contributed by atoms with Crippen LogP contribution in [0.3, 0.4) is 0 Å². The van der Waals surface area contributed by atoms with Crippen LogP contribution in [-0.4, -0.2) is 63.0 Å². The number of allylic oxidation sites excluding steroid dienone is 1. The number of aromatic nitrogens is 6. The molecule has 1 fully saturated rings. The smallest absolute Gasteiger partial charge is 0.324 e. The maximum atomic E-state index is 5.85. The van der Waals surface area contributed by atoms with Gasteiger partial charge in [0.05, 0.1) is 6.61 Å². The molecular weight excluding hydrogens is 420 g/mol.